The molecule has 54 heavy (non-hydrogen) atoms. The standard InChI is InChI=1S/C37H34Cl3N5O7S2/c1-26(46)42-30-10-16-34(17-11-30)53(48,49)44(20-19-27-5-3-2-4-6-27)25-37(47)43-41-22-31-12-13-32(52-31)24-45(23-28-7-18-35(39)36(40)21-28)54(50,51)33-14-8-29(38)9-15-33/h2-18,21-22H,19-20,23-25H2,1H3,(H,42,46)(H,43,47)/b41-22-. The molecule has 2 N–H and O–H groups in total. The molecule has 17 heteroatoms. The van der Waals surface area contributed by atoms with E-state index in [4.69, 9.17) is 39.2 Å². The first-order valence-corrected chi connectivity index (χ1v) is 20.2. The van der Waals surface area contributed by atoms with Crippen molar-refractivity contribution in [3.8, 4) is 0 Å². The smallest absolute Gasteiger partial charge is 0.255 e. The molecule has 1 heterocycles. The van der Waals surface area contributed by atoms with Gasteiger partial charge < -0.3 is 9.73 Å². The highest BCUT2D eigenvalue weighted by Gasteiger charge is 2.28. The molecule has 0 fully saturated rings. The molecule has 282 valence electrons. The van der Waals surface area contributed by atoms with Crippen LogP contribution in [0.4, 0.5) is 5.69 Å². The molecule has 0 radical (unpaired) electrons. The van der Waals surface area contributed by atoms with Crippen molar-refractivity contribution < 1.29 is 30.8 Å². The predicted octanol–water partition coefficient (Wildman–Crippen LogP) is 6.97. The monoisotopic (exact) mass is 829 g/mol. The van der Waals surface area contributed by atoms with E-state index in [1.165, 1.54) is 66.0 Å². The van der Waals surface area contributed by atoms with Gasteiger partial charge in [-0.25, -0.2) is 22.3 Å². The number of nitrogens with one attached hydrogen (secondary N) is 2. The van der Waals surface area contributed by atoms with Gasteiger partial charge in [-0.2, -0.15) is 13.7 Å². The number of rotatable bonds is 16. The molecule has 1 aromatic heterocycles. The van der Waals surface area contributed by atoms with Crippen LogP contribution in [-0.4, -0.2) is 56.6 Å². The minimum atomic E-state index is -4.14. The lowest BCUT2D eigenvalue weighted by atomic mass is 10.1. The second kappa shape index (κ2) is 18.2. The quantitative estimate of drug-likeness (QED) is 0.0803. The Morgan fingerprint density at radius 2 is 1.39 bits per heavy atom. The van der Waals surface area contributed by atoms with E-state index in [0.29, 0.717) is 27.7 Å². The number of furan rings is 1. The number of hydrogen-bond acceptors (Lipinski definition) is 8. The third-order valence-corrected chi connectivity index (χ3v) is 12.5. The molecule has 12 nitrogen and oxygen atoms in total. The third kappa shape index (κ3) is 11.0. The minimum Gasteiger partial charge on any atom is -0.459 e. The topological polar surface area (TPSA) is 158 Å². The van der Waals surface area contributed by atoms with Crippen molar-refractivity contribution in [2.24, 2.45) is 5.10 Å². The van der Waals surface area contributed by atoms with E-state index in [9.17, 15) is 26.4 Å². The van der Waals surface area contributed by atoms with Crippen LogP contribution in [-0.2, 0) is 49.1 Å². The van der Waals surface area contributed by atoms with Crippen LogP contribution in [0.15, 0.2) is 129 Å². The zero-order valence-corrected chi connectivity index (χ0v) is 32.6. The lowest BCUT2D eigenvalue weighted by molar-refractivity contribution is -0.121. The normalized spacial score (nSPS) is 12.0. The van der Waals surface area contributed by atoms with Crippen LogP contribution >= 0.6 is 34.8 Å². The molecule has 0 saturated heterocycles. The fourth-order valence-electron chi connectivity index (χ4n) is 5.15. The summed E-state index contributed by atoms with van der Waals surface area (Å²) in [6.45, 7) is 0.552. The van der Waals surface area contributed by atoms with Gasteiger partial charge in [-0.05, 0) is 90.3 Å². The van der Waals surface area contributed by atoms with E-state index < -0.39 is 32.5 Å². The van der Waals surface area contributed by atoms with Crippen LogP contribution in [0, 0.1) is 0 Å². The third-order valence-electron chi connectivity index (χ3n) is 7.82. The number of carbonyl (C=O) groups excluding carboxylic acids is 2. The molecule has 0 spiro atoms. The Labute approximate surface area is 328 Å². The fourth-order valence-corrected chi connectivity index (χ4v) is 8.39. The summed E-state index contributed by atoms with van der Waals surface area (Å²) in [6.07, 6.45) is 1.55. The van der Waals surface area contributed by atoms with E-state index in [-0.39, 0.29) is 51.9 Å². The lowest BCUT2D eigenvalue weighted by Gasteiger charge is -2.22. The number of sulfonamides is 2. The maximum Gasteiger partial charge on any atom is 0.255 e. The van der Waals surface area contributed by atoms with E-state index in [1.54, 1.807) is 30.3 Å². The van der Waals surface area contributed by atoms with Gasteiger partial charge in [-0.1, -0.05) is 71.2 Å². The molecule has 2 amide bonds. The highest BCUT2D eigenvalue weighted by molar-refractivity contribution is 7.89. The average Bonchev–Trinajstić information content (AvgIpc) is 3.58. The number of anilines is 1. The highest BCUT2D eigenvalue weighted by Crippen LogP contribution is 2.27. The average molecular weight is 831 g/mol. The first-order valence-electron chi connectivity index (χ1n) is 16.2. The molecule has 0 unspecified atom stereocenters. The molecule has 0 atom stereocenters. The van der Waals surface area contributed by atoms with Crippen molar-refractivity contribution in [1.82, 2.24) is 14.0 Å². The number of hydrogen-bond donors (Lipinski definition) is 2. The van der Waals surface area contributed by atoms with Crippen molar-refractivity contribution in [3.05, 3.63) is 147 Å². The second-order valence-corrected chi connectivity index (χ2v) is 17.0. The van der Waals surface area contributed by atoms with Crippen molar-refractivity contribution in [2.75, 3.05) is 18.4 Å². The SMILES string of the molecule is CC(=O)Nc1ccc(S(=O)(=O)N(CCc2ccccc2)CC(=O)N/N=C\c2ccc(CN(Cc3ccc(Cl)c(Cl)c3)S(=O)(=O)c3ccc(Cl)cc3)o2)cc1. The van der Waals surface area contributed by atoms with Gasteiger partial charge in [0, 0.05) is 30.7 Å². The Morgan fingerprint density at radius 1 is 0.741 bits per heavy atom. The number of carbonyl (C=O) groups is 2. The largest absolute Gasteiger partial charge is 0.459 e. The van der Waals surface area contributed by atoms with Gasteiger partial charge in [-0.3, -0.25) is 9.59 Å². The summed E-state index contributed by atoms with van der Waals surface area (Å²) >= 11 is 18.3. The van der Waals surface area contributed by atoms with Gasteiger partial charge in [0.1, 0.15) is 11.5 Å². The van der Waals surface area contributed by atoms with Crippen LogP contribution in [0.5, 0.6) is 0 Å². The molecule has 0 bridgehead atoms. The van der Waals surface area contributed by atoms with Gasteiger partial charge in [-0.15, -0.1) is 0 Å². The van der Waals surface area contributed by atoms with E-state index in [1.807, 2.05) is 30.3 Å². The molecule has 0 aliphatic carbocycles. The van der Waals surface area contributed by atoms with Gasteiger partial charge in [0.05, 0.1) is 39.1 Å². The Morgan fingerprint density at radius 3 is 2.04 bits per heavy atom. The summed E-state index contributed by atoms with van der Waals surface area (Å²) in [5, 5.41) is 7.50. The molecule has 0 aliphatic rings. The van der Waals surface area contributed by atoms with Crippen molar-refractivity contribution in [3.63, 3.8) is 0 Å². The summed E-state index contributed by atoms with van der Waals surface area (Å²) in [6, 6.07) is 28.6. The number of hydrazone groups is 1. The summed E-state index contributed by atoms with van der Waals surface area (Å²) in [7, 11) is -8.20. The van der Waals surface area contributed by atoms with Crippen LogP contribution in [0.3, 0.4) is 0 Å². The first kappa shape index (κ1) is 40.6. The Hall–Kier alpha value is -4.54. The number of halogens is 3. The van der Waals surface area contributed by atoms with Crippen molar-refractivity contribution in [1.29, 1.82) is 0 Å². The summed E-state index contributed by atoms with van der Waals surface area (Å²) in [4.78, 5) is 24.4. The van der Waals surface area contributed by atoms with E-state index >= 15 is 0 Å². The van der Waals surface area contributed by atoms with Crippen molar-refractivity contribution >= 4 is 78.6 Å². The molecule has 5 rings (SSSR count). The molecule has 5 aromatic rings. The zero-order valence-electron chi connectivity index (χ0n) is 28.7. The summed E-state index contributed by atoms with van der Waals surface area (Å²) in [5.74, 6) is -0.562. The first-order chi connectivity index (χ1) is 25.7. The molecular weight excluding hydrogens is 797 g/mol. The second-order valence-electron chi connectivity index (χ2n) is 11.9. The molecule has 0 saturated carbocycles. The van der Waals surface area contributed by atoms with E-state index in [2.05, 4.69) is 15.8 Å². The van der Waals surface area contributed by atoms with Gasteiger partial charge in [0.2, 0.25) is 26.0 Å². The van der Waals surface area contributed by atoms with Crippen LogP contribution in [0.2, 0.25) is 15.1 Å². The van der Waals surface area contributed by atoms with Crippen LogP contribution in [0.1, 0.15) is 29.6 Å². The van der Waals surface area contributed by atoms with Gasteiger partial charge >= 0.3 is 0 Å². The Balaban J connectivity index is 1.28. The van der Waals surface area contributed by atoms with E-state index in [0.717, 1.165) is 9.87 Å². The Kier molecular flexibility index (Phi) is 13.7. The van der Waals surface area contributed by atoms with Gasteiger partial charge in [0.15, 0.2) is 0 Å². The maximum absolute atomic E-state index is 13.7. The highest BCUT2D eigenvalue weighted by atomic mass is 35.5. The molecular formula is C37H34Cl3N5O7S2. The Bertz CT molecular complexity index is 2340. The van der Waals surface area contributed by atoms with Crippen molar-refractivity contribution in [2.45, 2.75) is 36.2 Å². The molecule has 0 aliphatic heterocycles. The lowest BCUT2D eigenvalue weighted by Crippen LogP contribution is -2.40. The van der Waals surface area contributed by atoms with Crippen LogP contribution in [0.25, 0.3) is 0 Å². The summed E-state index contributed by atoms with van der Waals surface area (Å²) in [5.41, 5.74) is 4.22. The minimum absolute atomic E-state index is 0.00384. The maximum atomic E-state index is 13.7. The molecule has 4 aromatic carbocycles. The fraction of sp³-hybridized carbons (Fsp3) is 0.162. The van der Waals surface area contributed by atoms with Crippen LogP contribution < -0.4 is 10.7 Å². The zero-order chi connectivity index (χ0) is 38.9. The number of amides is 2. The predicted molar refractivity (Wildman–Crippen MR) is 208 cm³/mol. The van der Waals surface area contributed by atoms with Gasteiger partial charge in [0.25, 0.3) is 5.91 Å². The number of benzene rings is 4. The summed E-state index contributed by atoms with van der Waals surface area (Å²) < 4.78 is 62.9. The number of nitrogens with zero attached hydrogens (tertiary/aromatic N) is 3.